The number of hydrogen-bond donors (Lipinski definition) is 0. The molecule has 7 heteroatoms. The average molecular weight is 413 g/mol. The maximum absolute atomic E-state index is 15.3. The van der Waals surface area contributed by atoms with Crippen LogP contribution in [0.15, 0.2) is 29.2 Å². The fourth-order valence-electron chi connectivity index (χ4n) is 6.25. The van der Waals surface area contributed by atoms with Gasteiger partial charge in [0.05, 0.1) is 4.90 Å². The number of nitrogens with zero attached hydrogens (tertiary/aromatic N) is 2. The van der Waals surface area contributed by atoms with Gasteiger partial charge in [-0.1, -0.05) is 18.0 Å². The fourth-order valence-corrected chi connectivity index (χ4v) is 8.30. The van der Waals surface area contributed by atoms with Crippen LogP contribution < -0.4 is 0 Å². The summed E-state index contributed by atoms with van der Waals surface area (Å²) in [6.45, 7) is 0.820. The van der Waals surface area contributed by atoms with Crippen LogP contribution in [0.25, 0.3) is 0 Å². The van der Waals surface area contributed by atoms with Gasteiger partial charge in [0, 0.05) is 29.7 Å². The van der Waals surface area contributed by atoms with Crippen molar-refractivity contribution in [1.82, 2.24) is 9.21 Å². The Morgan fingerprint density at radius 1 is 1.04 bits per heavy atom. The molecule has 1 aromatic carbocycles. The lowest BCUT2D eigenvalue weighted by molar-refractivity contribution is -0.128. The normalized spacial score (nSPS) is 39.8. The van der Waals surface area contributed by atoms with Gasteiger partial charge in [0.1, 0.15) is 0 Å². The fraction of sp³-hybridized carbons (Fsp3) is 0.700. The summed E-state index contributed by atoms with van der Waals surface area (Å²) in [6, 6.07) is 6.65. The second-order valence-corrected chi connectivity index (χ2v) is 10.9. The van der Waals surface area contributed by atoms with Crippen molar-refractivity contribution in [1.29, 1.82) is 0 Å². The van der Waals surface area contributed by atoms with Gasteiger partial charge in [0.25, 0.3) is 0 Å². The third-order valence-electron chi connectivity index (χ3n) is 7.35. The van der Waals surface area contributed by atoms with Crippen molar-refractivity contribution in [2.45, 2.75) is 80.2 Å². The van der Waals surface area contributed by atoms with Gasteiger partial charge >= 0.3 is 0 Å². The number of halogens is 2. The standard InChI is InChI=1S/C20H26ClFN2O2S/c21-14-5-7-16(8-6-14)27(25,26)24-15-3-1-4-18(24)17-9-11-20(22)10-2-12-23(20)19(17)13-15/h5-8,15,17-19H,1-4,9-13H2. The highest BCUT2D eigenvalue weighted by Gasteiger charge is 2.58. The topological polar surface area (TPSA) is 40.6 Å². The lowest BCUT2D eigenvalue weighted by Gasteiger charge is -2.58. The SMILES string of the molecule is O=S(=O)(c1ccc(Cl)cc1)N1C2CCCC1C1CCC3(F)CCCN3C1C2. The zero-order valence-electron chi connectivity index (χ0n) is 15.4. The van der Waals surface area contributed by atoms with Crippen molar-refractivity contribution in [3.63, 3.8) is 0 Å². The maximum atomic E-state index is 15.3. The average Bonchev–Trinajstić information content (AvgIpc) is 3.03. The molecule has 1 aromatic rings. The van der Waals surface area contributed by atoms with Crippen LogP contribution in [0.1, 0.15) is 51.4 Å². The van der Waals surface area contributed by atoms with Crippen molar-refractivity contribution in [2.75, 3.05) is 6.54 Å². The Kier molecular flexibility index (Phi) is 4.35. The van der Waals surface area contributed by atoms with Gasteiger partial charge in [-0.3, -0.25) is 4.90 Å². The molecule has 4 heterocycles. The highest BCUT2D eigenvalue weighted by atomic mass is 35.5. The van der Waals surface area contributed by atoms with Gasteiger partial charge in [0.15, 0.2) is 5.79 Å². The smallest absolute Gasteiger partial charge is 0.243 e. The predicted molar refractivity (Wildman–Crippen MR) is 103 cm³/mol. The van der Waals surface area contributed by atoms with Gasteiger partial charge in [-0.05, 0) is 75.1 Å². The molecular weight excluding hydrogens is 387 g/mol. The van der Waals surface area contributed by atoms with Crippen LogP contribution in [-0.4, -0.2) is 48.1 Å². The Hall–Kier alpha value is -0.690. The summed E-state index contributed by atoms with van der Waals surface area (Å²) in [4.78, 5) is 2.41. The minimum atomic E-state index is -3.56. The Morgan fingerprint density at radius 2 is 1.81 bits per heavy atom. The second-order valence-electron chi connectivity index (χ2n) is 8.66. The quantitative estimate of drug-likeness (QED) is 0.683. The first-order valence-corrected chi connectivity index (χ1v) is 12.0. The minimum absolute atomic E-state index is 0.00618. The summed E-state index contributed by atoms with van der Waals surface area (Å²) in [6.07, 6.45) is 6.48. The Bertz CT molecular complexity index is 833. The number of fused-ring (bicyclic) bond motifs is 6. The molecule has 0 radical (unpaired) electrons. The van der Waals surface area contributed by atoms with E-state index in [1.807, 2.05) is 0 Å². The maximum Gasteiger partial charge on any atom is 0.243 e. The van der Waals surface area contributed by atoms with E-state index in [2.05, 4.69) is 4.90 Å². The van der Waals surface area contributed by atoms with Crippen molar-refractivity contribution in [3.05, 3.63) is 29.3 Å². The zero-order valence-corrected chi connectivity index (χ0v) is 16.9. The van der Waals surface area contributed by atoms with E-state index in [-0.39, 0.29) is 24.0 Å². The number of alkyl halides is 1. The van der Waals surface area contributed by atoms with Gasteiger partial charge < -0.3 is 0 Å². The van der Waals surface area contributed by atoms with E-state index >= 15 is 4.39 Å². The number of piperidine rings is 3. The van der Waals surface area contributed by atoms with Gasteiger partial charge in [-0.15, -0.1) is 0 Å². The Morgan fingerprint density at radius 3 is 2.59 bits per heavy atom. The highest BCUT2D eigenvalue weighted by molar-refractivity contribution is 7.89. The molecule has 4 fully saturated rings. The van der Waals surface area contributed by atoms with Crippen molar-refractivity contribution in [3.8, 4) is 0 Å². The van der Waals surface area contributed by atoms with E-state index < -0.39 is 15.8 Å². The predicted octanol–water partition coefficient (Wildman–Crippen LogP) is 4.20. The van der Waals surface area contributed by atoms with Gasteiger partial charge in [-0.25, -0.2) is 12.8 Å². The minimum Gasteiger partial charge on any atom is -0.268 e. The van der Waals surface area contributed by atoms with Crippen LogP contribution in [0, 0.1) is 5.92 Å². The monoisotopic (exact) mass is 412 g/mol. The van der Waals surface area contributed by atoms with E-state index in [1.54, 1.807) is 28.6 Å². The second kappa shape index (κ2) is 6.41. The summed E-state index contributed by atoms with van der Waals surface area (Å²) in [5, 5.41) is 0.536. The number of hydrogen-bond acceptors (Lipinski definition) is 3. The lowest BCUT2D eigenvalue weighted by Crippen LogP contribution is -2.67. The van der Waals surface area contributed by atoms with Gasteiger partial charge in [-0.2, -0.15) is 4.31 Å². The largest absolute Gasteiger partial charge is 0.268 e. The molecule has 0 aliphatic carbocycles. The summed E-state index contributed by atoms with van der Waals surface area (Å²) in [5.74, 6) is -0.905. The third-order valence-corrected chi connectivity index (χ3v) is 9.59. The van der Waals surface area contributed by atoms with Crippen LogP contribution in [0.3, 0.4) is 0 Å². The van der Waals surface area contributed by atoms with Crippen LogP contribution in [-0.2, 0) is 10.0 Å². The van der Waals surface area contributed by atoms with Crippen molar-refractivity contribution >= 4 is 21.6 Å². The molecule has 4 nitrogen and oxygen atoms in total. The molecule has 5 atom stereocenters. The molecular formula is C20H26ClFN2O2S. The summed E-state index contributed by atoms with van der Waals surface area (Å²) in [5.41, 5.74) is 0. The van der Waals surface area contributed by atoms with Crippen molar-refractivity contribution in [2.24, 2.45) is 5.92 Å². The summed E-state index contributed by atoms with van der Waals surface area (Å²) in [7, 11) is -3.56. The molecule has 4 aliphatic heterocycles. The van der Waals surface area contributed by atoms with Gasteiger partial charge in [0.2, 0.25) is 10.0 Å². The van der Waals surface area contributed by atoms with Crippen LogP contribution in [0.4, 0.5) is 4.39 Å². The molecule has 0 amide bonds. The van der Waals surface area contributed by atoms with E-state index in [9.17, 15) is 8.42 Å². The molecule has 27 heavy (non-hydrogen) atoms. The van der Waals surface area contributed by atoms with Crippen LogP contribution in [0.5, 0.6) is 0 Å². The lowest BCUT2D eigenvalue weighted by atomic mass is 9.70. The van der Waals surface area contributed by atoms with Crippen molar-refractivity contribution < 1.29 is 12.8 Å². The molecule has 0 aromatic heterocycles. The molecule has 2 bridgehead atoms. The molecule has 0 N–H and O–H groups in total. The number of benzene rings is 1. The summed E-state index contributed by atoms with van der Waals surface area (Å²) >= 11 is 5.95. The molecule has 5 unspecified atom stereocenters. The zero-order chi connectivity index (χ0) is 18.8. The molecule has 4 aliphatic rings. The molecule has 148 valence electrons. The first-order valence-electron chi connectivity index (χ1n) is 10.1. The molecule has 4 saturated heterocycles. The highest BCUT2D eigenvalue weighted by Crippen LogP contribution is 2.52. The first kappa shape index (κ1) is 18.3. The van der Waals surface area contributed by atoms with E-state index in [1.165, 1.54) is 0 Å². The number of sulfonamides is 1. The summed E-state index contributed by atoms with van der Waals surface area (Å²) < 4.78 is 44.1. The van der Waals surface area contributed by atoms with Crippen LogP contribution in [0.2, 0.25) is 5.02 Å². The third kappa shape index (κ3) is 2.78. The Labute approximate surface area is 165 Å². The van der Waals surface area contributed by atoms with E-state index in [0.29, 0.717) is 22.8 Å². The Balaban J connectivity index is 1.50. The molecule has 5 rings (SSSR count). The van der Waals surface area contributed by atoms with Crippen LogP contribution >= 0.6 is 11.6 Å². The number of rotatable bonds is 2. The molecule has 0 spiro atoms. The van der Waals surface area contributed by atoms with E-state index in [0.717, 1.165) is 45.1 Å². The molecule has 0 saturated carbocycles. The first-order chi connectivity index (χ1) is 12.9. The van der Waals surface area contributed by atoms with E-state index in [4.69, 9.17) is 11.6 Å².